The van der Waals surface area contributed by atoms with Crippen LogP contribution in [0.3, 0.4) is 0 Å². The minimum Gasteiger partial charge on any atom is -0.495 e. The first kappa shape index (κ1) is 17.6. The monoisotopic (exact) mass is 350 g/mol. The molecule has 0 bridgehead atoms. The predicted molar refractivity (Wildman–Crippen MR) is 90.0 cm³/mol. The fourth-order valence-corrected chi connectivity index (χ4v) is 2.21. The second kappa shape index (κ2) is 7.65. The van der Waals surface area contributed by atoms with Gasteiger partial charge in [-0.1, -0.05) is 11.6 Å². The fraction of sp³-hybridized carbons (Fsp3) is 0.188. The molecular weight excluding hydrogens is 336 g/mol. The SMILES string of the molecule is COc1ccc(Cl)cc1NC(=O)COc1ccc([N+](=O)[O-])c(C)c1. The first-order valence-corrected chi connectivity index (χ1v) is 7.29. The number of anilines is 1. The van der Waals surface area contributed by atoms with Crippen LogP contribution in [0.4, 0.5) is 11.4 Å². The summed E-state index contributed by atoms with van der Waals surface area (Å²) < 4.78 is 10.5. The molecule has 0 aromatic heterocycles. The van der Waals surface area contributed by atoms with Crippen molar-refractivity contribution in [1.29, 1.82) is 0 Å². The van der Waals surface area contributed by atoms with Gasteiger partial charge < -0.3 is 14.8 Å². The number of nitrogens with one attached hydrogen (secondary N) is 1. The molecule has 1 N–H and O–H groups in total. The van der Waals surface area contributed by atoms with E-state index >= 15 is 0 Å². The molecule has 0 aliphatic rings. The number of nitrogens with zero attached hydrogens (tertiary/aromatic N) is 1. The maximum Gasteiger partial charge on any atom is 0.272 e. The van der Waals surface area contributed by atoms with Gasteiger partial charge >= 0.3 is 0 Å². The highest BCUT2D eigenvalue weighted by molar-refractivity contribution is 6.31. The number of hydrogen-bond acceptors (Lipinski definition) is 5. The van der Waals surface area contributed by atoms with Crippen molar-refractivity contribution in [2.45, 2.75) is 6.92 Å². The molecule has 0 aliphatic carbocycles. The number of carbonyl (C=O) groups is 1. The van der Waals surface area contributed by atoms with Crippen LogP contribution in [-0.4, -0.2) is 24.5 Å². The Hall–Kier alpha value is -2.80. The molecule has 0 spiro atoms. The summed E-state index contributed by atoms with van der Waals surface area (Å²) in [6.07, 6.45) is 0. The lowest BCUT2D eigenvalue weighted by atomic mass is 10.2. The molecule has 0 saturated heterocycles. The van der Waals surface area contributed by atoms with Crippen LogP contribution in [-0.2, 0) is 4.79 Å². The number of aryl methyl sites for hydroxylation is 1. The van der Waals surface area contributed by atoms with E-state index in [1.807, 2.05) is 0 Å². The molecule has 2 rings (SSSR count). The van der Waals surface area contributed by atoms with Gasteiger partial charge in [0.05, 0.1) is 17.7 Å². The van der Waals surface area contributed by atoms with Crippen molar-refractivity contribution < 1.29 is 19.2 Å². The van der Waals surface area contributed by atoms with Crippen LogP contribution in [0.5, 0.6) is 11.5 Å². The Morgan fingerprint density at radius 2 is 2.04 bits per heavy atom. The fourth-order valence-electron chi connectivity index (χ4n) is 2.04. The van der Waals surface area contributed by atoms with Gasteiger partial charge in [-0.05, 0) is 37.3 Å². The molecule has 0 aliphatic heterocycles. The zero-order valence-corrected chi connectivity index (χ0v) is 13.8. The number of amides is 1. The second-order valence-electron chi connectivity index (χ2n) is 4.89. The third-order valence-corrected chi connectivity index (χ3v) is 3.41. The number of rotatable bonds is 6. The van der Waals surface area contributed by atoms with Crippen LogP contribution in [0.15, 0.2) is 36.4 Å². The van der Waals surface area contributed by atoms with Crippen LogP contribution in [0.25, 0.3) is 0 Å². The number of methoxy groups -OCH3 is 1. The minimum absolute atomic E-state index is 0.00420. The Bertz CT molecular complexity index is 779. The van der Waals surface area contributed by atoms with Gasteiger partial charge in [0.2, 0.25) is 0 Å². The predicted octanol–water partition coefficient (Wildman–Crippen LogP) is 3.58. The van der Waals surface area contributed by atoms with Crippen molar-refractivity contribution >= 4 is 28.9 Å². The van der Waals surface area contributed by atoms with E-state index in [-0.39, 0.29) is 12.3 Å². The molecule has 2 aromatic carbocycles. The molecule has 1 amide bonds. The van der Waals surface area contributed by atoms with Crippen molar-refractivity contribution in [3.8, 4) is 11.5 Å². The highest BCUT2D eigenvalue weighted by Crippen LogP contribution is 2.27. The summed E-state index contributed by atoms with van der Waals surface area (Å²) in [7, 11) is 1.48. The van der Waals surface area contributed by atoms with Crippen molar-refractivity contribution in [3.63, 3.8) is 0 Å². The van der Waals surface area contributed by atoms with E-state index < -0.39 is 10.8 Å². The van der Waals surface area contributed by atoms with Gasteiger partial charge in [-0.15, -0.1) is 0 Å². The number of carbonyl (C=O) groups excluding carboxylic acids is 1. The summed E-state index contributed by atoms with van der Waals surface area (Å²) in [5.41, 5.74) is 0.878. The Morgan fingerprint density at radius 1 is 1.29 bits per heavy atom. The molecule has 0 unspecified atom stereocenters. The lowest BCUT2D eigenvalue weighted by molar-refractivity contribution is -0.385. The molecule has 0 saturated carbocycles. The van der Waals surface area contributed by atoms with E-state index in [4.69, 9.17) is 21.1 Å². The normalized spacial score (nSPS) is 10.1. The second-order valence-corrected chi connectivity index (χ2v) is 5.32. The Morgan fingerprint density at radius 3 is 2.67 bits per heavy atom. The number of ether oxygens (including phenoxy) is 2. The molecule has 0 fully saturated rings. The number of nitro groups is 1. The molecule has 7 nitrogen and oxygen atoms in total. The van der Waals surface area contributed by atoms with Crippen LogP contribution in [0.2, 0.25) is 5.02 Å². The van der Waals surface area contributed by atoms with Gasteiger partial charge in [0.1, 0.15) is 11.5 Å². The maximum absolute atomic E-state index is 12.0. The molecule has 126 valence electrons. The average molecular weight is 351 g/mol. The van der Waals surface area contributed by atoms with Crippen LogP contribution in [0.1, 0.15) is 5.56 Å². The Kier molecular flexibility index (Phi) is 5.59. The highest BCUT2D eigenvalue weighted by atomic mass is 35.5. The molecule has 0 heterocycles. The third kappa shape index (κ3) is 4.36. The molecular formula is C16H15ClN2O5. The summed E-state index contributed by atoms with van der Waals surface area (Å²) in [4.78, 5) is 22.3. The summed E-state index contributed by atoms with van der Waals surface area (Å²) in [5.74, 6) is 0.428. The van der Waals surface area contributed by atoms with Crippen molar-refractivity contribution in [2.75, 3.05) is 19.0 Å². The van der Waals surface area contributed by atoms with E-state index in [0.29, 0.717) is 27.8 Å². The zero-order valence-electron chi connectivity index (χ0n) is 13.0. The average Bonchev–Trinajstić information content (AvgIpc) is 2.53. The van der Waals surface area contributed by atoms with Gasteiger partial charge in [0.25, 0.3) is 11.6 Å². The summed E-state index contributed by atoms with van der Waals surface area (Å²) in [5, 5.41) is 13.9. The number of hydrogen-bond donors (Lipinski definition) is 1. The van der Waals surface area contributed by atoms with Crippen LogP contribution in [0, 0.1) is 17.0 Å². The largest absolute Gasteiger partial charge is 0.495 e. The number of benzene rings is 2. The first-order chi connectivity index (χ1) is 11.4. The van der Waals surface area contributed by atoms with E-state index in [0.717, 1.165) is 0 Å². The molecule has 0 atom stereocenters. The first-order valence-electron chi connectivity index (χ1n) is 6.92. The number of halogens is 1. The molecule has 8 heteroatoms. The Balaban J connectivity index is 2.00. The summed E-state index contributed by atoms with van der Waals surface area (Å²) in [6, 6.07) is 9.13. The lowest BCUT2D eigenvalue weighted by Gasteiger charge is -2.11. The highest BCUT2D eigenvalue weighted by Gasteiger charge is 2.12. The lowest BCUT2D eigenvalue weighted by Crippen LogP contribution is -2.20. The molecule has 24 heavy (non-hydrogen) atoms. The minimum atomic E-state index is -0.475. The van der Waals surface area contributed by atoms with E-state index in [1.165, 1.54) is 25.3 Å². The third-order valence-electron chi connectivity index (χ3n) is 3.17. The van der Waals surface area contributed by atoms with Gasteiger partial charge in [-0.2, -0.15) is 0 Å². The van der Waals surface area contributed by atoms with Gasteiger partial charge in [0, 0.05) is 16.7 Å². The standard InChI is InChI=1S/C16H15ClN2O5/c1-10-7-12(4-5-14(10)19(21)22)24-9-16(20)18-13-8-11(17)3-6-15(13)23-2/h3-8H,9H2,1-2H3,(H,18,20). The Labute approximate surface area is 143 Å². The smallest absolute Gasteiger partial charge is 0.272 e. The van der Waals surface area contributed by atoms with E-state index in [2.05, 4.69) is 5.32 Å². The summed E-state index contributed by atoms with van der Waals surface area (Å²) >= 11 is 5.89. The number of nitro benzene ring substituents is 1. The topological polar surface area (TPSA) is 90.7 Å². The van der Waals surface area contributed by atoms with Crippen LogP contribution < -0.4 is 14.8 Å². The van der Waals surface area contributed by atoms with Crippen molar-refractivity contribution in [3.05, 3.63) is 57.1 Å². The van der Waals surface area contributed by atoms with E-state index in [1.54, 1.807) is 25.1 Å². The van der Waals surface area contributed by atoms with Crippen LogP contribution >= 0.6 is 11.6 Å². The summed E-state index contributed by atoms with van der Waals surface area (Å²) in [6.45, 7) is 1.34. The van der Waals surface area contributed by atoms with Crippen molar-refractivity contribution in [1.82, 2.24) is 0 Å². The quantitative estimate of drug-likeness (QED) is 0.635. The molecule has 2 aromatic rings. The maximum atomic E-state index is 12.0. The van der Waals surface area contributed by atoms with Gasteiger partial charge in [0.15, 0.2) is 6.61 Å². The van der Waals surface area contributed by atoms with Gasteiger partial charge in [-0.3, -0.25) is 14.9 Å². The zero-order chi connectivity index (χ0) is 17.7. The van der Waals surface area contributed by atoms with Crippen molar-refractivity contribution in [2.24, 2.45) is 0 Å². The molecule has 0 radical (unpaired) electrons. The van der Waals surface area contributed by atoms with E-state index in [9.17, 15) is 14.9 Å². The van der Waals surface area contributed by atoms with Gasteiger partial charge in [-0.25, -0.2) is 0 Å².